The smallest absolute Gasteiger partial charge is 0.166 e. The zero-order chi connectivity index (χ0) is 36.9. The molecule has 0 bridgehead atoms. The van der Waals surface area contributed by atoms with Gasteiger partial charge in [0.1, 0.15) is 0 Å². The lowest BCUT2D eigenvalue weighted by atomic mass is 9.71. The van der Waals surface area contributed by atoms with Crippen molar-refractivity contribution in [1.29, 1.82) is 10.8 Å². The molecule has 2 N–H and O–H groups in total. The number of hydrogen-bond acceptors (Lipinski definition) is 5. The summed E-state index contributed by atoms with van der Waals surface area (Å²) in [5.74, 6) is 5.01. The summed E-state index contributed by atoms with van der Waals surface area (Å²) >= 11 is 0. The van der Waals surface area contributed by atoms with E-state index in [1.807, 2.05) is 0 Å². The Kier molecular flexibility index (Phi) is 13.3. The van der Waals surface area contributed by atoms with E-state index in [-0.39, 0.29) is 12.1 Å². The van der Waals surface area contributed by atoms with E-state index >= 15 is 0 Å². The molecule has 10 atom stereocenters. The lowest BCUT2D eigenvalue weighted by molar-refractivity contribution is -0.128. The number of Topliss-reactive ketones (excluding diaryl/α,β-unsaturated/α-hetero) is 1. The number of rotatable bonds is 16. The maximum absolute atomic E-state index is 14.2. The molecule has 4 aliphatic rings. The minimum atomic E-state index is -0.0304. The Labute approximate surface area is 316 Å². The number of aryl methyl sites for hydroxylation is 2. The highest BCUT2D eigenvalue weighted by atomic mass is 16.1. The van der Waals surface area contributed by atoms with E-state index in [2.05, 4.69) is 99.9 Å². The van der Waals surface area contributed by atoms with Crippen LogP contribution in [0.4, 0.5) is 0 Å². The van der Waals surface area contributed by atoms with Crippen molar-refractivity contribution < 1.29 is 4.79 Å². The van der Waals surface area contributed by atoms with Crippen LogP contribution < -0.4 is 0 Å². The first-order valence-corrected chi connectivity index (χ1v) is 21.4. The monoisotopic (exact) mass is 707 g/mol. The van der Waals surface area contributed by atoms with Gasteiger partial charge in [0.25, 0.3) is 0 Å². The Bertz CT molecular complexity index is 1390. The number of hydrogen-bond donors (Lipinski definition) is 2. The predicted octanol–water partition coefficient (Wildman–Crippen LogP) is 10.4. The van der Waals surface area contributed by atoms with Crippen molar-refractivity contribution in [2.24, 2.45) is 35.5 Å². The maximum Gasteiger partial charge on any atom is 0.166 e. The second-order valence-electron chi connectivity index (χ2n) is 17.7. The molecule has 0 spiro atoms. The molecule has 4 fully saturated rings. The molecule has 0 aromatic heterocycles. The van der Waals surface area contributed by atoms with E-state index in [1.165, 1.54) is 60.8 Å². The van der Waals surface area contributed by atoms with Crippen molar-refractivity contribution in [2.75, 3.05) is 26.2 Å². The first-order valence-electron chi connectivity index (χ1n) is 21.4. The molecule has 6 rings (SSSR count). The molecule has 2 aromatic rings. The highest BCUT2D eigenvalue weighted by Crippen LogP contribution is 2.47. The summed E-state index contributed by atoms with van der Waals surface area (Å²) in [5.41, 5.74) is 7.42. The minimum absolute atomic E-state index is 0.0304. The van der Waals surface area contributed by atoms with E-state index in [9.17, 15) is 4.79 Å². The highest BCUT2D eigenvalue weighted by Gasteiger charge is 2.46. The summed E-state index contributed by atoms with van der Waals surface area (Å²) in [7, 11) is 0. The maximum atomic E-state index is 14.2. The number of nitrogens with zero attached hydrogens (tertiary/aromatic N) is 2. The van der Waals surface area contributed by atoms with Gasteiger partial charge >= 0.3 is 0 Å². The van der Waals surface area contributed by atoms with Crippen molar-refractivity contribution in [3.63, 3.8) is 0 Å². The topological polar surface area (TPSA) is 71.2 Å². The molecule has 5 nitrogen and oxygen atoms in total. The van der Waals surface area contributed by atoms with Gasteiger partial charge in [-0.3, -0.25) is 14.6 Å². The molecule has 52 heavy (non-hydrogen) atoms. The van der Waals surface area contributed by atoms with Crippen LogP contribution in [0.1, 0.15) is 140 Å². The van der Waals surface area contributed by atoms with Crippen molar-refractivity contribution in [3.05, 3.63) is 70.8 Å². The molecule has 2 saturated heterocycles. The third-order valence-electron chi connectivity index (χ3n) is 14.8. The summed E-state index contributed by atoms with van der Waals surface area (Å²) in [6, 6.07) is 18.7. The van der Waals surface area contributed by atoms with Crippen LogP contribution in [0.5, 0.6) is 0 Å². The number of ketones is 1. The van der Waals surface area contributed by atoms with Crippen LogP contribution in [0.3, 0.4) is 0 Å². The second-order valence-corrected chi connectivity index (χ2v) is 17.7. The van der Waals surface area contributed by atoms with Gasteiger partial charge in [0.05, 0.1) is 12.1 Å². The zero-order valence-corrected chi connectivity index (χ0v) is 33.5. The average molecular weight is 707 g/mol. The van der Waals surface area contributed by atoms with Gasteiger partial charge in [-0.05, 0) is 148 Å². The standard InChI is InChI=1S/C47H70N4O/c1-7-31(3)45(48)25-19-35-15-21-37(22-16-35)41-13-9-11-39-27-50(29-43(39)41)33(5)47(52)34(6)51-28-40-12-10-14-42(44(40)30-51)38-23-17-36(18-24-38)20-26-46(49)32(4)8-2/h15-18,21-24,31-34,39-44,48-49H,7-14,19-20,25-30H2,1-6H3. The Morgan fingerprint density at radius 2 is 1.00 bits per heavy atom. The second kappa shape index (κ2) is 17.7. The van der Waals surface area contributed by atoms with Gasteiger partial charge in [-0.15, -0.1) is 0 Å². The third kappa shape index (κ3) is 8.84. The van der Waals surface area contributed by atoms with Crippen LogP contribution in [-0.4, -0.2) is 65.3 Å². The number of carbonyl (C=O) groups excluding carboxylic acids is 1. The highest BCUT2D eigenvalue weighted by molar-refractivity contribution is 5.88. The Hall–Kier alpha value is -2.63. The number of nitrogens with one attached hydrogen (secondary N) is 2. The van der Waals surface area contributed by atoms with E-state index in [4.69, 9.17) is 10.8 Å². The lowest BCUT2D eigenvalue weighted by Gasteiger charge is -2.34. The molecular weight excluding hydrogens is 637 g/mol. The van der Waals surface area contributed by atoms with Gasteiger partial charge in [0.2, 0.25) is 0 Å². The first kappa shape index (κ1) is 39.1. The normalized spacial score (nSPS) is 28.8. The molecule has 10 unspecified atom stereocenters. The van der Waals surface area contributed by atoms with Gasteiger partial charge in [-0.2, -0.15) is 0 Å². The SMILES string of the molecule is CCC(C)C(=N)CCc1ccc(C2CCCC3CN(C(C)C(=O)C(C)N4CC5CCCC(c6ccc(CCC(=N)C(C)CC)cc6)C5C4)CC32)cc1. The first-order chi connectivity index (χ1) is 25.1. The number of likely N-dealkylation sites (tertiary alicyclic amines) is 2. The number of fused-ring (bicyclic) bond motifs is 2. The fourth-order valence-electron chi connectivity index (χ4n) is 10.6. The van der Waals surface area contributed by atoms with Crippen LogP contribution in [0.25, 0.3) is 0 Å². The summed E-state index contributed by atoms with van der Waals surface area (Å²) in [6.07, 6.45) is 13.4. The third-order valence-corrected chi connectivity index (χ3v) is 14.8. The van der Waals surface area contributed by atoms with Crippen LogP contribution in [-0.2, 0) is 17.6 Å². The summed E-state index contributed by atoms with van der Waals surface area (Å²) in [6.45, 7) is 17.3. The minimum Gasteiger partial charge on any atom is -0.309 e. The van der Waals surface area contributed by atoms with Crippen molar-refractivity contribution in [1.82, 2.24) is 9.80 Å². The van der Waals surface area contributed by atoms with Gasteiger partial charge in [-0.25, -0.2) is 0 Å². The predicted molar refractivity (Wildman–Crippen MR) is 218 cm³/mol. The van der Waals surface area contributed by atoms with Crippen molar-refractivity contribution >= 4 is 17.2 Å². The average Bonchev–Trinajstić information content (AvgIpc) is 3.83. The van der Waals surface area contributed by atoms with E-state index in [0.717, 1.165) is 76.1 Å². The van der Waals surface area contributed by atoms with Gasteiger partial charge in [-0.1, -0.05) is 89.1 Å². The molecule has 5 heteroatoms. The Morgan fingerprint density at radius 1 is 0.615 bits per heavy atom. The molecular formula is C47H70N4O. The van der Waals surface area contributed by atoms with Crippen molar-refractivity contribution in [3.8, 4) is 0 Å². The quantitative estimate of drug-likeness (QED) is 0.171. The Morgan fingerprint density at radius 3 is 1.37 bits per heavy atom. The van der Waals surface area contributed by atoms with E-state index in [0.29, 0.717) is 53.1 Å². The lowest BCUT2D eigenvalue weighted by Crippen LogP contribution is -2.48. The fraction of sp³-hybridized carbons (Fsp3) is 0.681. The zero-order valence-electron chi connectivity index (χ0n) is 33.5. The van der Waals surface area contributed by atoms with Crippen LogP contribution in [0, 0.1) is 46.3 Å². The van der Waals surface area contributed by atoms with Crippen LogP contribution in [0.2, 0.25) is 0 Å². The molecule has 284 valence electrons. The molecule has 2 heterocycles. The van der Waals surface area contributed by atoms with E-state index < -0.39 is 0 Å². The molecule has 2 aliphatic heterocycles. The van der Waals surface area contributed by atoms with Crippen LogP contribution in [0.15, 0.2) is 48.5 Å². The summed E-state index contributed by atoms with van der Waals surface area (Å²) in [4.78, 5) is 19.3. The van der Waals surface area contributed by atoms with Crippen LogP contribution >= 0.6 is 0 Å². The van der Waals surface area contributed by atoms with Gasteiger partial charge in [0, 0.05) is 37.6 Å². The number of benzene rings is 2. The van der Waals surface area contributed by atoms with Crippen molar-refractivity contribution in [2.45, 2.75) is 143 Å². The fourth-order valence-corrected chi connectivity index (χ4v) is 10.6. The molecule has 2 saturated carbocycles. The Balaban J connectivity index is 1.03. The largest absolute Gasteiger partial charge is 0.309 e. The summed E-state index contributed by atoms with van der Waals surface area (Å²) in [5, 5.41) is 16.7. The molecule has 2 aliphatic carbocycles. The number of carbonyl (C=O) groups is 1. The van der Waals surface area contributed by atoms with Gasteiger partial charge < -0.3 is 10.8 Å². The van der Waals surface area contributed by atoms with Gasteiger partial charge in [0.15, 0.2) is 5.78 Å². The molecule has 2 aromatic carbocycles. The molecule has 0 radical (unpaired) electrons. The molecule has 0 amide bonds. The summed E-state index contributed by atoms with van der Waals surface area (Å²) < 4.78 is 0. The van der Waals surface area contributed by atoms with E-state index in [1.54, 1.807) is 0 Å².